The Balaban J connectivity index is 1.81. The van der Waals surface area contributed by atoms with Crippen LogP contribution in [0.5, 0.6) is 0 Å². The highest BCUT2D eigenvalue weighted by Crippen LogP contribution is 2.61. The summed E-state index contributed by atoms with van der Waals surface area (Å²) in [6, 6.07) is 0. The minimum Gasteiger partial charge on any atom is -0.478 e. The summed E-state index contributed by atoms with van der Waals surface area (Å²) in [6.45, 7) is 7.03. The molecule has 4 atom stereocenters. The molecule has 0 aromatic heterocycles. The van der Waals surface area contributed by atoms with E-state index < -0.39 is 5.97 Å². The van der Waals surface area contributed by atoms with E-state index in [-0.39, 0.29) is 11.5 Å². The Morgan fingerprint density at radius 1 is 1.39 bits per heavy atom. The molecule has 3 aliphatic rings. The van der Waals surface area contributed by atoms with E-state index in [0.717, 1.165) is 25.9 Å². The fraction of sp³-hybridized carbons (Fsp3) is 0.800. The Kier molecular flexibility index (Phi) is 2.60. The summed E-state index contributed by atoms with van der Waals surface area (Å²) >= 11 is 0. The van der Waals surface area contributed by atoms with Gasteiger partial charge in [-0.15, -0.1) is 0 Å². The molecular weight excluding hydrogens is 228 g/mol. The first kappa shape index (κ1) is 12.2. The van der Waals surface area contributed by atoms with Gasteiger partial charge in [-0.05, 0) is 55.8 Å². The maximum Gasteiger partial charge on any atom is 0.331 e. The Labute approximate surface area is 108 Å². The van der Waals surface area contributed by atoms with Gasteiger partial charge >= 0.3 is 5.97 Å². The van der Waals surface area contributed by atoms with Crippen molar-refractivity contribution in [2.75, 3.05) is 6.61 Å². The normalized spacial score (nSPS) is 46.5. The number of hydrogen-bond donors (Lipinski definition) is 1. The molecular formula is C15H22O3. The minimum absolute atomic E-state index is 0.102. The monoisotopic (exact) mass is 250 g/mol. The van der Waals surface area contributed by atoms with Crippen molar-refractivity contribution in [2.45, 2.75) is 51.0 Å². The van der Waals surface area contributed by atoms with Crippen LogP contribution in [0.3, 0.4) is 0 Å². The second-order valence-electron chi connectivity index (χ2n) is 6.72. The van der Waals surface area contributed by atoms with Crippen LogP contribution in [0.25, 0.3) is 0 Å². The smallest absolute Gasteiger partial charge is 0.331 e. The first-order valence-corrected chi connectivity index (χ1v) is 7.03. The Morgan fingerprint density at radius 3 is 2.72 bits per heavy atom. The molecule has 0 aromatic carbocycles. The van der Waals surface area contributed by atoms with Crippen molar-refractivity contribution >= 4 is 5.97 Å². The van der Waals surface area contributed by atoms with E-state index in [1.54, 1.807) is 0 Å². The lowest BCUT2D eigenvalue weighted by molar-refractivity contribution is -0.133. The van der Waals surface area contributed by atoms with Crippen LogP contribution in [-0.2, 0) is 9.53 Å². The van der Waals surface area contributed by atoms with E-state index in [0.29, 0.717) is 16.9 Å². The zero-order valence-corrected chi connectivity index (χ0v) is 11.1. The molecule has 0 aromatic rings. The summed E-state index contributed by atoms with van der Waals surface area (Å²) in [5.41, 5.74) is 0.868. The molecule has 2 aliphatic carbocycles. The van der Waals surface area contributed by atoms with Crippen molar-refractivity contribution in [1.82, 2.24) is 0 Å². The lowest BCUT2D eigenvalue weighted by Gasteiger charge is -2.50. The number of carboxylic acid groups (broad SMARTS) is 1. The van der Waals surface area contributed by atoms with E-state index in [4.69, 9.17) is 9.84 Å². The van der Waals surface area contributed by atoms with Crippen LogP contribution in [0.2, 0.25) is 0 Å². The molecule has 18 heavy (non-hydrogen) atoms. The van der Waals surface area contributed by atoms with Gasteiger partial charge in [-0.25, -0.2) is 4.79 Å². The summed E-state index contributed by atoms with van der Waals surface area (Å²) in [7, 11) is 0. The number of hydrogen-bond acceptors (Lipinski definition) is 2. The Morgan fingerprint density at radius 2 is 2.11 bits per heavy atom. The van der Waals surface area contributed by atoms with Crippen molar-refractivity contribution < 1.29 is 14.6 Å². The molecule has 0 unspecified atom stereocenters. The molecule has 3 heteroatoms. The highest BCUT2D eigenvalue weighted by molar-refractivity contribution is 5.86. The van der Waals surface area contributed by atoms with Gasteiger partial charge in [0.2, 0.25) is 0 Å². The SMILES string of the molecule is C=C(C(=O)O)[C@@H]1CC[C@@]2(C)CCC[C@]3(CO3)[C@H]2C1. The molecule has 100 valence electrons. The van der Waals surface area contributed by atoms with E-state index in [1.165, 1.54) is 19.3 Å². The minimum atomic E-state index is -0.829. The van der Waals surface area contributed by atoms with Gasteiger partial charge in [0.15, 0.2) is 0 Å². The zero-order valence-electron chi connectivity index (χ0n) is 11.1. The van der Waals surface area contributed by atoms with Crippen LogP contribution in [0.1, 0.15) is 45.4 Å². The number of fused-ring (bicyclic) bond motifs is 2. The van der Waals surface area contributed by atoms with Crippen molar-refractivity contribution in [1.29, 1.82) is 0 Å². The summed E-state index contributed by atoms with van der Waals surface area (Å²) in [5, 5.41) is 9.11. The Hall–Kier alpha value is -0.830. The number of epoxide rings is 1. The molecule has 1 spiro atoms. The number of carboxylic acids is 1. The summed E-state index contributed by atoms with van der Waals surface area (Å²) < 4.78 is 5.78. The number of aliphatic carboxylic acids is 1. The largest absolute Gasteiger partial charge is 0.478 e. The van der Waals surface area contributed by atoms with E-state index in [9.17, 15) is 4.79 Å². The highest BCUT2D eigenvalue weighted by atomic mass is 16.6. The zero-order chi connectivity index (χ0) is 13.0. The van der Waals surface area contributed by atoms with E-state index in [2.05, 4.69) is 13.5 Å². The summed E-state index contributed by atoms with van der Waals surface area (Å²) in [4.78, 5) is 11.1. The third-order valence-corrected chi connectivity index (χ3v) is 5.69. The lowest BCUT2D eigenvalue weighted by atomic mass is 9.54. The fourth-order valence-electron chi connectivity index (χ4n) is 4.41. The van der Waals surface area contributed by atoms with Gasteiger partial charge in [-0.1, -0.05) is 13.5 Å². The average Bonchev–Trinajstić information content (AvgIpc) is 3.08. The summed E-state index contributed by atoms with van der Waals surface area (Å²) in [6.07, 6.45) is 6.77. The number of ether oxygens (including phenoxy) is 1. The van der Waals surface area contributed by atoms with Gasteiger partial charge in [0.1, 0.15) is 0 Å². The van der Waals surface area contributed by atoms with Crippen LogP contribution in [0.4, 0.5) is 0 Å². The van der Waals surface area contributed by atoms with Crippen LogP contribution in [0, 0.1) is 17.3 Å². The number of carbonyl (C=O) groups is 1. The maximum absolute atomic E-state index is 11.1. The van der Waals surface area contributed by atoms with Gasteiger partial charge in [0, 0.05) is 5.57 Å². The van der Waals surface area contributed by atoms with E-state index in [1.807, 2.05) is 0 Å². The van der Waals surface area contributed by atoms with Crippen LogP contribution >= 0.6 is 0 Å². The second kappa shape index (κ2) is 3.83. The van der Waals surface area contributed by atoms with Crippen LogP contribution in [-0.4, -0.2) is 23.3 Å². The van der Waals surface area contributed by atoms with Crippen molar-refractivity contribution in [3.05, 3.63) is 12.2 Å². The molecule has 3 nitrogen and oxygen atoms in total. The fourth-order valence-corrected chi connectivity index (χ4v) is 4.41. The van der Waals surface area contributed by atoms with Crippen LogP contribution in [0.15, 0.2) is 12.2 Å². The third-order valence-electron chi connectivity index (χ3n) is 5.69. The quantitative estimate of drug-likeness (QED) is 0.605. The molecule has 0 bridgehead atoms. The first-order valence-electron chi connectivity index (χ1n) is 7.03. The molecule has 1 saturated heterocycles. The molecule has 0 radical (unpaired) electrons. The molecule has 3 rings (SSSR count). The molecule has 1 heterocycles. The van der Waals surface area contributed by atoms with Crippen LogP contribution < -0.4 is 0 Å². The molecule has 1 aliphatic heterocycles. The van der Waals surface area contributed by atoms with Crippen molar-refractivity contribution in [3.8, 4) is 0 Å². The topological polar surface area (TPSA) is 49.8 Å². The average molecular weight is 250 g/mol. The molecule has 3 fully saturated rings. The van der Waals surface area contributed by atoms with Gasteiger partial charge in [-0.2, -0.15) is 0 Å². The number of rotatable bonds is 2. The molecule has 1 N–H and O–H groups in total. The van der Waals surface area contributed by atoms with Crippen molar-refractivity contribution in [2.24, 2.45) is 17.3 Å². The van der Waals surface area contributed by atoms with Gasteiger partial charge in [0.05, 0.1) is 12.2 Å². The molecule has 2 saturated carbocycles. The lowest BCUT2D eigenvalue weighted by Crippen LogP contribution is -2.47. The predicted octanol–water partition coefficient (Wildman–Crippen LogP) is 3.00. The first-order chi connectivity index (χ1) is 8.47. The summed E-state index contributed by atoms with van der Waals surface area (Å²) in [5.74, 6) is -0.140. The standard InChI is InChI=1S/C15H22O3/c1-10(13(16)17)11-4-7-14(2)5-3-6-15(9-18-15)12(14)8-11/h11-12H,1,3-9H2,2H3,(H,16,17)/t11-,12+,14-,15+/m1/s1. The van der Waals surface area contributed by atoms with Gasteiger partial charge < -0.3 is 9.84 Å². The third kappa shape index (κ3) is 1.71. The van der Waals surface area contributed by atoms with E-state index >= 15 is 0 Å². The van der Waals surface area contributed by atoms with Gasteiger partial charge in [0.25, 0.3) is 0 Å². The van der Waals surface area contributed by atoms with Gasteiger partial charge in [-0.3, -0.25) is 0 Å². The predicted molar refractivity (Wildman–Crippen MR) is 68.2 cm³/mol. The maximum atomic E-state index is 11.1. The molecule has 0 amide bonds. The Bertz CT molecular complexity index is 397. The second-order valence-corrected chi connectivity index (χ2v) is 6.72. The van der Waals surface area contributed by atoms with Crippen molar-refractivity contribution in [3.63, 3.8) is 0 Å². The highest BCUT2D eigenvalue weighted by Gasteiger charge is 2.61.